The number of esters is 1. The Kier molecular flexibility index (Phi) is 8.78. The van der Waals surface area contributed by atoms with Gasteiger partial charge in [-0.05, 0) is 42.7 Å². The highest BCUT2D eigenvalue weighted by atomic mass is 32.2. The van der Waals surface area contributed by atoms with E-state index in [1.54, 1.807) is 36.9 Å². The molecule has 4 rings (SSSR count). The van der Waals surface area contributed by atoms with Crippen LogP contribution in [0.1, 0.15) is 49.5 Å². The smallest absolute Gasteiger partial charge is 0.336 e. The van der Waals surface area contributed by atoms with E-state index in [1.807, 2.05) is 30.5 Å². The van der Waals surface area contributed by atoms with Crippen molar-refractivity contribution in [1.82, 2.24) is 5.32 Å². The number of carbonyl (C=O) groups is 2. The van der Waals surface area contributed by atoms with Gasteiger partial charge in [-0.25, -0.2) is 4.79 Å². The van der Waals surface area contributed by atoms with Crippen molar-refractivity contribution in [2.24, 2.45) is 5.92 Å². The number of hydrogen-bond acceptors (Lipinski definition) is 10. The maximum Gasteiger partial charge on any atom is 0.336 e. The van der Waals surface area contributed by atoms with Gasteiger partial charge in [0.2, 0.25) is 5.75 Å². The quantitative estimate of drug-likeness (QED) is 0.173. The van der Waals surface area contributed by atoms with E-state index in [1.165, 1.54) is 12.1 Å². The molecule has 11 heteroatoms. The molecule has 0 bridgehead atoms. The van der Waals surface area contributed by atoms with Crippen LogP contribution in [0.3, 0.4) is 0 Å². The van der Waals surface area contributed by atoms with Crippen molar-refractivity contribution in [2.45, 2.75) is 39.0 Å². The molecule has 3 atom stereocenters. The highest BCUT2D eigenvalue weighted by Gasteiger charge is 2.46. The third-order valence-corrected chi connectivity index (χ3v) is 8.46. The molecule has 0 fully saturated rings. The molecule has 1 aliphatic heterocycles. The molecule has 0 saturated heterocycles. The number of fused-ring (bicyclic) bond motifs is 1. The Morgan fingerprint density at radius 1 is 1.32 bits per heavy atom. The monoisotopic (exact) mass is 558 g/mol. The Balaban J connectivity index is 1.85. The van der Waals surface area contributed by atoms with Crippen molar-refractivity contribution >= 4 is 40.5 Å². The van der Waals surface area contributed by atoms with Crippen LogP contribution < -0.4 is 10.1 Å². The van der Waals surface area contributed by atoms with Crippen molar-refractivity contribution in [3.05, 3.63) is 73.2 Å². The maximum atomic E-state index is 13.7. The average molecular weight is 559 g/mol. The zero-order valence-corrected chi connectivity index (χ0v) is 23.0. The van der Waals surface area contributed by atoms with Crippen molar-refractivity contribution in [3.63, 3.8) is 0 Å². The van der Waals surface area contributed by atoms with Crippen LogP contribution in [-0.4, -0.2) is 46.5 Å². The van der Waals surface area contributed by atoms with Crippen LogP contribution in [0.25, 0.3) is 0 Å². The van der Waals surface area contributed by atoms with Gasteiger partial charge in [0.05, 0.1) is 23.0 Å². The Bertz CT molecular complexity index is 1290. The molecule has 0 radical (unpaired) electrons. The van der Waals surface area contributed by atoms with E-state index in [9.17, 15) is 24.8 Å². The molecular weight excluding hydrogens is 528 g/mol. The number of ketones is 1. The van der Waals surface area contributed by atoms with Gasteiger partial charge in [0.25, 0.3) is 0 Å². The van der Waals surface area contributed by atoms with E-state index in [0.717, 1.165) is 10.6 Å². The summed E-state index contributed by atoms with van der Waals surface area (Å²) in [6.07, 6.45) is 2.24. The topological polar surface area (TPSA) is 128 Å². The van der Waals surface area contributed by atoms with Crippen LogP contribution in [0, 0.1) is 16.0 Å². The third kappa shape index (κ3) is 5.58. The number of aromatic hydroxyl groups is 1. The van der Waals surface area contributed by atoms with Crippen molar-refractivity contribution in [3.8, 4) is 11.5 Å². The Morgan fingerprint density at radius 3 is 2.76 bits per heavy atom. The molecule has 1 aliphatic carbocycles. The normalized spacial score (nSPS) is 20.9. The van der Waals surface area contributed by atoms with Crippen LogP contribution in [0.4, 0.5) is 5.69 Å². The van der Waals surface area contributed by atoms with Crippen LogP contribution >= 0.6 is 23.1 Å². The summed E-state index contributed by atoms with van der Waals surface area (Å²) in [6, 6.07) is 6.62. The number of phenols is 1. The number of benzene rings is 1. The minimum absolute atomic E-state index is 0.0785. The number of nitrogens with zero attached hydrogens (tertiary/aromatic N) is 1. The first-order chi connectivity index (χ1) is 18.3. The van der Waals surface area contributed by atoms with Crippen molar-refractivity contribution in [1.29, 1.82) is 0 Å². The number of ether oxygens (including phenoxy) is 2. The fraction of sp³-hybridized carbons (Fsp3) is 0.407. The molecule has 3 unspecified atom stereocenters. The third-order valence-electron chi connectivity index (χ3n) is 6.59. The van der Waals surface area contributed by atoms with Crippen LogP contribution in [0.15, 0.2) is 52.7 Å². The minimum Gasteiger partial charge on any atom is -0.500 e. The van der Waals surface area contributed by atoms with Gasteiger partial charge in [0, 0.05) is 46.3 Å². The van der Waals surface area contributed by atoms with Gasteiger partial charge in [0.1, 0.15) is 12.4 Å². The average Bonchev–Trinajstić information content (AvgIpc) is 3.42. The summed E-state index contributed by atoms with van der Waals surface area (Å²) in [6.45, 7) is 5.80. The van der Waals surface area contributed by atoms with Gasteiger partial charge in [-0.1, -0.05) is 19.1 Å². The summed E-state index contributed by atoms with van der Waals surface area (Å²) < 4.78 is 11.1. The zero-order valence-electron chi connectivity index (χ0n) is 21.4. The van der Waals surface area contributed by atoms with Gasteiger partial charge >= 0.3 is 11.7 Å². The number of rotatable bonds is 10. The number of Topliss-reactive ketones (excluding diaryl/α,β-unsaturated/α-hetero) is 1. The molecule has 2 heterocycles. The molecule has 2 aromatic rings. The molecule has 0 amide bonds. The lowest BCUT2D eigenvalue weighted by atomic mass is 9.69. The molecule has 1 aromatic heterocycles. The SMILES string of the molecule is CCOc1cc(C2C(C(=O)OCCSCC)=C(C)NC3=CC(c4cccs4)CC(=O)C32)cc([N+](=O)[O-])c1O. The molecular formula is C27H30N2O7S2. The van der Waals surface area contributed by atoms with Gasteiger partial charge < -0.3 is 19.9 Å². The summed E-state index contributed by atoms with van der Waals surface area (Å²) in [5.41, 5.74) is 1.17. The fourth-order valence-corrected chi connectivity index (χ4v) is 6.29. The number of thiophene rings is 1. The van der Waals surface area contributed by atoms with E-state index in [2.05, 4.69) is 5.32 Å². The number of hydrogen-bond donors (Lipinski definition) is 2. The van der Waals surface area contributed by atoms with Crippen molar-refractivity contribution in [2.75, 3.05) is 24.7 Å². The maximum absolute atomic E-state index is 13.7. The van der Waals surface area contributed by atoms with Crippen LogP contribution in [0.5, 0.6) is 11.5 Å². The summed E-state index contributed by atoms with van der Waals surface area (Å²) in [7, 11) is 0. The molecule has 2 N–H and O–H groups in total. The van der Waals surface area contributed by atoms with Crippen LogP contribution in [-0.2, 0) is 14.3 Å². The molecule has 2 aliphatic rings. The summed E-state index contributed by atoms with van der Waals surface area (Å²) in [5.74, 6) is -1.58. The zero-order chi connectivity index (χ0) is 27.4. The number of nitro groups is 1. The standard InChI is InChI=1S/C27H30N2O7S2/c1-4-35-21-14-17(12-19(26(21)31)29(33)34)24-23(27(32)36-8-10-37-5-2)15(3)28-18-11-16(13-20(30)25(18)24)22-7-6-9-38-22/h6-7,9,11-12,14,16,24-25,28,31H,4-5,8,10,13H2,1-3H3. The summed E-state index contributed by atoms with van der Waals surface area (Å²) in [4.78, 5) is 39.3. The molecule has 0 spiro atoms. The number of phenolic OH excluding ortho intramolecular Hbond substituents is 1. The number of thioether (sulfide) groups is 1. The molecule has 202 valence electrons. The number of nitro benzene ring substituents is 1. The molecule has 9 nitrogen and oxygen atoms in total. The van der Waals surface area contributed by atoms with E-state index in [4.69, 9.17) is 9.47 Å². The van der Waals surface area contributed by atoms with E-state index < -0.39 is 34.2 Å². The van der Waals surface area contributed by atoms with E-state index in [0.29, 0.717) is 22.7 Å². The predicted octanol–water partition coefficient (Wildman–Crippen LogP) is 5.27. The Labute approximate surface area is 229 Å². The van der Waals surface area contributed by atoms with Gasteiger partial charge in [-0.15, -0.1) is 11.3 Å². The van der Waals surface area contributed by atoms with Gasteiger partial charge in [0.15, 0.2) is 5.75 Å². The lowest BCUT2D eigenvalue weighted by Crippen LogP contribution is -2.42. The lowest BCUT2D eigenvalue weighted by molar-refractivity contribution is -0.386. The summed E-state index contributed by atoms with van der Waals surface area (Å²) in [5, 5.41) is 27.5. The largest absolute Gasteiger partial charge is 0.500 e. The highest BCUT2D eigenvalue weighted by molar-refractivity contribution is 7.99. The van der Waals surface area contributed by atoms with Gasteiger partial charge in [-0.3, -0.25) is 14.9 Å². The van der Waals surface area contributed by atoms with E-state index >= 15 is 0 Å². The Morgan fingerprint density at radius 2 is 2.11 bits per heavy atom. The highest BCUT2D eigenvalue weighted by Crippen LogP contribution is 2.49. The summed E-state index contributed by atoms with van der Waals surface area (Å²) >= 11 is 3.21. The number of nitrogens with one attached hydrogen (secondary N) is 1. The van der Waals surface area contributed by atoms with Crippen LogP contribution in [0.2, 0.25) is 0 Å². The molecule has 1 aromatic carbocycles. The van der Waals surface area contributed by atoms with Crippen molar-refractivity contribution < 1.29 is 29.1 Å². The molecule has 38 heavy (non-hydrogen) atoms. The first-order valence-corrected chi connectivity index (χ1v) is 14.4. The number of allylic oxidation sites excluding steroid dienone is 3. The molecule has 0 saturated carbocycles. The first-order valence-electron chi connectivity index (χ1n) is 12.4. The second kappa shape index (κ2) is 12.0. The first kappa shape index (κ1) is 27.7. The predicted molar refractivity (Wildman–Crippen MR) is 147 cm³/mol. The number of carbonyl (C=O) groups excluding carboxylic acids is 2. The Hall–Kier alpha value is -3.31. The second-order valence-corrected chi connectivity index (χ2v) is 11.3. The van der Waals surface area contributed by atoms with E-state index in [-0.39, 0.29) is 42.7 Å². The fourth-order valence-electron chi connectivity index (χ4n) is 5.00. The second-order valence-electron chi connectivity index (χ2n) is 8.94. The van der Waals surface area contributed by atoms with Gasteiger partial charge in [-0.2, -0.15) is 11.8 Å². The lowest BCUT2D eigenvalue weighted by Gasteiger charge is -2.39. The minimum atomic E-state index is -0.857.